The fourth-order valence-electron chi connectivity index (χ4n) is 2.68. The Labute approximate surface area is 143 Å². The van der Waals surface area contributed by atoms with E-state index in [1.807, 2.05) is 20.8 Å². The van der Waals surface area contributed by atoms with Crippen LogP contribution in [0.15, 0.2) is 23.2 Å². The van der Waals surface area contributed by atoms with E-state index in [-0.39, 0.29) is 11.8 Å². The number of halogens is 1. The lowest BCUT2D eigenvalue weighted by atomic mass is 10.1. The van der Waals surface area contributed by atoms with Gasteiger partial charge in [0, 0.05) is 38.3 Å². The molecule has 5 nitrogen and oxygen atoms in total. The molecule has 0 spiro atoms. The van der Waals surface area contributed by atoms with Gasteiger partial charge in [-0.15, -0.1) is 0 Å². The van der Waals surface area contributed by atoms with Crippen molar-refractivity contribution in [3.63, 3.8) is 0 Å². The Hall–Kier alpha value is -1.79. The van der Waals surface area contributed by atoms with Gasteiger partial charge in [0.15, 0.2) is 0 Å². The number of rotatable bonds is 5. The van der Waals surface area contributed by atoms with E-state index in [1.54, 1.807) is 12.1 Å². The minimum absolute atomic E-state index is 0.202. The smallest absolute Gasteiger partial charge is 0.320 e. The van der Waals surface area contributed by atoms with Crippen LogP contribution in [0.25, 0.3) is 0 Å². The summed E-state index contributed by atoms with van der Waals surface area (Å²) in [6, 6.07) is 4.78. The molecule has 0 N–H and O–H groups in total. The maximum Gasteiger partial charge on any atom is 0.320 e. The zero-order valence-electron chi connectivity index (χ0n) is 14.7. The van der Waals surface area contributed by atoms with Gasteiger partial charge in [-0.25, -0.2) is 4.39 Å². The molecule has 0 aliphatic carbocycles. The lowest BCUT2D eigenvalue weighted by Gasteiger charge is -2.34. The van der Waals surface area contributed by atoms with Gasteiger partial charge in [-0.2, -0.15) is 0 Å². The molecule has 0 radical (unpaired) electrons. The van der Waals surface area contributed by atoms with Gasteiger partial charge in [0.1, 0.15) is 11.4 Å². The van der Waals surface area contributed by atoms with Crippen molar-refractivity contribution >= 4 is 18.4 Å². The van der Waals surface area contributed by atoms with E-state index in [9.17, 15) is 9.18 Å². The highest BCUT2D eigenvalue weighted by Crippen LogP contribution is 2.19. The molecular formula is C18H26FN3O2. The van der Waals surface area contributed by atoms with E-state index < -0.39 is 5.60 Å². The zero-order valence-corrected chi connectivity index (χ0v) is 14.7. The summed E-state index contributed by atoms with van der Waals surface area (Å²) in [6.45, 7) is 13.0. The van der Waals surface area contributed by atoms with Gasteiger partial charge < -0.3 is 4.74 Å². The van der Waals surface area contributed by atoms with E-state index in [0.717, 1.165) is 26.2 Å². The number of hydrogen-bond acceptors (Lipinski definition) is 5. The van der Waals surface area contributed by atoms with Gasteiger partial charge in [0.2, 0.25) is 0 Å². The third-order valence-electron chi connectivity index (χ3n) is 3.84. The summed E-state index contributed by atoms with van der Waals surface area (Å²) in [6.07, 6.45) is 0. The Bertz CT molecular complexity index is 590. The number of esters is 1. The first-order chi connectivity index (χ1) is 11.3. The van der Waals surface area contributed by atoms with E-state index in [0.29, 0.717) is 24.3 Å². The topological polar surface area (TPSA) is 45.1 Å². The molecule has 1 heterocycles. The summed E-state index contributed by atoms with van der Waals surface area (Å²) >= 11 is 0. The quantitative estimate of drug-likeness (QED) is 0.613. The van der Waals surface area contributed by atoms with Crippen LogP contribution in [-0.4, -0.2) is 60.8 Å². The van der Waals surface area contributed by atoms with Gasteiger partial charge in [-0.3, -0.25) is 19.6 Å². The lowest BCUT2D eigenvalue weighted by Crippen LogP contribution is -2.48. The van der Waals surface area contributed by atoms with Crippen LogP contribution >= 0.6 is 0 Å². The minimum atomic E-state index is -0.458. The Kier molecular flexibility index (Phi) is 6.07. The van der Waals surface area contributed by atoms with Crippen LogP contribution in [0.5, 0.6) is 0 Å². The summed E-state index contributed by atoms with van der Waals surface area (Å²) < 4.78 is 19.3. The van der Waals surface area contributed by atoms with Crippen LogP contribution in [0.4, 0.5) is 10.1 Å². The Morgan fingerprint density at radius 1 is 1.25 bits per heavy atom. The first-order valence-electron chi connectivity index (χ1n) is 8.18. The highest BCUT2D eigenvalue weighted by Gasteiger charge is 2.23. The number of piperazine rings is 1. The maximum atomic E-state index is 13.9. The lowest BCUT2D eigenvalue weighted by molar-refractivity contribution is -0.156. The average Bonchev–Trinajstić information content (AvgIpc) is 2.49. The van der Waals surface area contributed by atoms with Gasteiger partial charge in [-0.1, -0.05) is 0 Å². The Balaban J connectivity index is 1.83. The predicted molar refractivity (Wildman–Crippen MR) is 93.2 cm³/mol. The summed E-state index contributed by atoms with van der Waals surface area (Å²) in [5, 5.41) is 0. The number of hydrogen-bond donors (Lipinski definition) is 0. The first-order valence-corrected chi connectivity index (χ1v) is 8.18. The van der Waals surface area contributed by atoms with Crippen LogP contribution in [0.3, 0.4) is 0 Å². The SMILES string of the molecule is C=Nc1ccc(F)c(CN2CCN(CC(=O)OC(C)(C)C)CC2)c1. The van der Waals surface area contributed by atoms with E-state index >= 15 is 0 Å². The highest BCUT2D eigenvalue weighted by atomic mass is 19.1. The number of carbonyl (C=O) groups excluding carboxylic acids is 1. The van der Waals surface area contributed by atoms with Crippen molar-refractivity contribution in [2.75, 3.05) is 32.7 Å². The van der Waals surface area contributed by atoms with Crippen molar-refractivity contribution in [3.05, 3.63) is 29.6 Å². The van der Waals surface area contributed by atoms with Crippen LogP contribution in [0.2, 0.25) is 0 Å². The molecule has 0 saturated carbocycles. The highest BCUT2D eigenvalue weighted by molar-refractivity contribution is 5.72. The summed E-state index contributed by atoms with van der Waals surface area (Å²) in [4.78, 5) is 20.0. The number of nitrogens with zero attached hydrogens (tertiary/aromatic N) is 3. The number of carbonyl (C=O) groups is 1. The molecule has 1 fully saturated rings. The van der Waals surface area contributed by atoms with Crippen LogP contribution < -0.4 is 0 Å². The monoisotopic (exact) mass is 335 g/mol. The van der Waals surface area contributed by atoms with Crippen LogP contribution in [0, 0.1) is 5.82 Å². The van der Waals surface area contributed by atoms with Crippen LogP contribution in [-0.2, 0) is 16.1 Å². The number of benzene rings is 1. The average molecular weight is 335 g/mol. The van der Waals surface area contributed by atoms with Crippen LogP contribution in [0.1, 0.15) is 26.3 Å². The fourth-order valence-corrected chi connectivity index (χ4v) is 2.68. The van der Waals surface area contributed by atoms with Gasteiger partial charge in [0.25, 0.3) is 0 Å². The second-order valence-electron chi connectivity index (χ2n) is 7.07. The molecule has 2 rings (SSSR count). The first kappa shape index (κ1) is 18.5. The second kappa shape index (κ2) is 7.85. The third-order valence-corrected chi connectivity index (χ3v) is 3.84. The molecule has 1 aromatic rings. The fraction of sp³-hybridized carbons (Fsp3) is 0.556. The summed E-state index contributed by atoms with van der Waals surface area (Å²) in [7, 11) is 0. The molecule has 1 aliphatic heterocycles. The predicted octanol–water partition coefficient (Wildman–Crippen LogP) is 2.62. The normalized spacial score (nSPS) is 16.8. The molecule has 24 heavy (non-hydrogen) atoms. The van der Waals surface area contributed by atoms with Crippen molar-refractivity contribution < 1.29 is 13.9 Å². The van der Waals surface area contributed by atoms with Crippen molar-refractivity contribution in [1.82, 2.24) is 9.80 Å². The van der Waals surface area contributed by atoms with Crippen molar-refractivity contribution in [3.8, 4) is 0 Å². The molecular weight excluding hydrogens is 309 g/mol. The summed E-state index contributed by atoms with van der Waals surface area (Å²) in [5.41, 5.74) is 0.844. The maximum absolute atomic E-state index is 13.9. The van der Waals surface area contributed by atoms with Crippen molar-refractivity contribution in [2.45, 2.75) is 32.9 Å². The molecule has 0 unspecified atom stereocenters. The minimum Gasteiger partial charge on any atom is -0.459 e. The van der Waals surface area contributed by atoms with Crippen molar-refractivity contribution in [1.29, 1.82) is 0 Å². The Morgan fingerprint density at radius 2 is 1.88 bits per heavy atom. The Morgan fingerprint density at radius 3 is 2.46 bits per heavy atom. The molecule has 1 saturated heterocycles. The number of ether oxygens (including phenoxy) is 1. The van der Waals surface area contributed by atoms with Gasteiger partial charge in [-0.05, 0) is 45.7 Å². The zero-order chi connectivity index (χ0) is 17.7. The van der Waals surface area contributed by atoms with Gasteiger partial charge >= 0.3 is 5.97 Å². The molecule has 1 aromatic carbocycles. The number of aliphatic imine (C=N–C) groups is 1. The second-order valence-corrected chi connectivity index (χ2v) is 7.07. The van der Waals surface area contributed by atoms with E-state index in [2.05, 4.69) is 21.5 Å². The molecule has 0 amide bonds. The molecule has 132 valence electrons. The van der Waals surface area contributed by atoms with E-state index in [4.69, 9.17) is 4.74 Å². The van der Waals surface area contributed by atoms with Crippen molar-refractivity contribution in [2.24, 2.45) is 4.99 Å². The molecule has 6 heteroatoms. The molecule has 0 bridgehead atoms. The third kappa shape index (κ3) is 5.69. The standard InChI is InChI=1S/C18H26FN3O2/c1-18(2,3)24-17(23)13-22-9-7-21(8-10-22)12-14-11-15(20-4)5-6-16(14)19/h5-6,11H,4,7-10,12-13H2,1-3H3. The molecule has 1 aliphatic rings. The molecule has 0 atom stereocenters. The largest absolute Gasteiger partial charge is 0.459 e. The van der Waals surface area contributed by atoms with Gasteiger partial charge in [0.05, 0.1) is 12.2 Å². The van der Waals surface area contributed by atoms with E-state index in [1.165, 1.54) is 6.07 Å². The summed E-state index contributed by atoms with van der Waals surface area (Å²) in [5.74, 6) is -0.426. The molecule has 0 aromatic heterocycles.